The first-order chi connectivity index (χ1) is 8.25. The van der Waals surface area contributed by atoms with E-state index in [2.05, 4.69) is 41.9 Å². The average molecular weight is 261 g/mol. The summed E-state index contributed by atoms with van der Waals surface area (Å²) in [6.45, 7) is 0. The molecular weight excluding hydrogens is 250 g/mol. The summed E-state index contributed by atoms with van der Waals surface area (Å²) >= 11 is 7.83. The maximum Gasteiger partial charge on any atom is 0.269 e. The van der Waals surface area contributed by atoms with Gasteiger partial charge in [0.05, 0.1) is 5.56 Å². The lowest BCUT2D eigenvalue weighted by Crippen LogP contribution is -2.28. The summed E-state index contributed by atoms with van der Waals surface area (Å²) in [7, 11) is 2.09. The number of rotatable bonds is 1. The van der Waals surface area contributed by atoms with E-state index in [9.17, 15) is 0 Å². The lowest BCUT2D eigenvalue weighted by molar-refractivity contribution is -0.629. The van der Waals surface area contributed by atoms with Gasteiger partial charge in [0.1, 0.15) is 11.7 Å². The summed E-state index contributed by atoms with van der Waals surface area (Å²) in [6.07, 6.45) is 0. The predicted octanol–water partition coefficient (Wildman–Crippen LogP) is 4.05. The summed E-state index contributed by atoms with van der Waals surface area (Å²) in [6, 6.07) is 16.4. The van der Waals surface area contributed by atoms with Crippen molar-refractivity contribution in [3.8, 4) is 10.6 Å². The highest BCUT2D eigenvalue weighted by Gasteiger charge is 2.17. The van der Waals surface area contributed by atoms with E-state index < -0.39 is 0 Å². The van der Waals surface area contributed by atoms with E-state index in [1.807, 2.05) is 18.2 Å². The Hall–Kier alpha value is -1.38. The average Bonchev–Trinajstić information content (AvgIpc) is 2.68. The maximum absolute atomic E-state index is 6.04. The van der Waals surface area contributed by atoms with Crippen LogP contribution in [0, 0.1) is 0 Å². The number of halogens is 1. The van der Waals surface area contributed by atoms with Crippen molar-refractivity contribution in [2.24, 2.45) is 7.05 Å². The van der Waals surface area contributed by atoms with Gasteiger partial charge in [-0.3, -0.25) is 0 Å². The highest BCUT2D eigenvalue weighted by molar-refractivity contribution is 7.21. The molecule has 0 fully saturated rings. The SMILES string of the molecule is C[n+]1c(-c2cccc(Cl)c2)sc2ccccc21. The molecule has 0 aliphatic heterocycles. The van der Waals surface area contributed by atoms with Crippen molar-refractivity contribution >= 4 is 33.2 Å². The minimum absolute atomic E-state index is 0.778. The predicted molar refractivity (Wildman–Crippen MR) is 73.4 cm³/mol. The van der Waals surface area contributed by atoms with Crippen LogP contribution in [0.4, 0.5) is 0 Å². The highest BCUT2D eigenvalue weighted by atomic mass is 35.5. The van der Waals surface area contributed by atoms with E-state index in [0.29, 0.717) is 0 Å². The Balaban J connectivity index is 2.27. The van der Waals surface area contributed by atoms with E-state index in [4.69, 9.17) is 11.6 Å². The molecule has 2 aromatic carbocycles. The van der Waals surface area contributed by atoms with Gasteiger partial charge in [-0.15, -0.1) is 0 Å². The standard InChI is InChI=1S/C14H11ClNS/c1-16-12-7-2-3-8-13(12)17-14(16)10-5-4-6-11(15)9-10/h2-9H,1H3/q+1. The molecule has 0 aliphatic rings. The molecule has 84 valence electrons. The molecule has 0 amide bonds. The number of nitrogens with zero attached hydrogens (tertiary/aromatic N) is 1. The van der Waals surface area contributed by atoms with Crippen LogP contribution in [0.2, 0.25) is 5.02 Å². The molecule has 0 spiro atoms. The lowest BCUT2D eigenvalue weighted by Gasteiger charge is -1.95. The topological polar surface area (TPSA) is 3.88 Å². The molecule has 3 aromatic rings. The Kier molecular flexibility index (Phi) is 2.61. The summed E-state index contributed by atoms with van der Waals surface area (Å²) in [5.74, 6) is 0. The van der Waals surface area contributed by atoms with Crippen molar-refractivity contribution in [1.29, 1.82) is 0 Å². The van der Waals surface area contributed by atoms with Crippen LogP contribution in [0.5, 0.6) is 0 Å². The number of thiazole rings is 1. The smallest absolute Gasteiger partial charge is 0.184 e. The third-order valence-corrected chi connectivity index (χ3v) is 4.31. The summed E-state index contributed by atoms with van der Waals surface area (Å²) in [5.41, 5.74) is 2.42. The van der Waals surface area contributed by atoms with Gasteiger partial charge in [0.25, 0.3) is 5.01 Å². The Morgan fingerprint density at radius 2 is 1.88 bits per heavy atom. The van der Waals surface area contributed by atoms with Crippen molar-refractivity contribution in [2.45, 2.75) is 0 Å². The molecule has 1 heterocycles. The molecule has 0 radical (unpaired) electrons. The molecular formula is C14H11ClNS+. The largest absolute Gasteiger partial charge is 0.269 e. The zero-order chi connectivity index (χ0) is 11.8. The number of aryl methyl sites for hydroxylation is 1. The normalized spacial score (nSPS) is 10.9. The number of benzene rings is 2. The molecule has 3 rings (SSSR count). The van der Waals surface area contributed by atoms with Crippen LogP contribution in [0.25, 0.3) is 20.8 Å². The summed E-state index contributed by atoms with van der Waals surface area (Å²) < 4.78 is 3.51. The molecule has 17 heavy (non-hydrogen) atoms. The van der Waals surface area contributed by atoms with Crippen molar-refractivity contribution < 1.29 is 4.57 Å². The molecule has 0 unspecified atom stereocenters. The van der Waals surface area contributed by atoms with E-state index in [0.717, 1.165) is 5.02 Å². The fourth-order valence-electron chi connectivity index (χ4n) is 1.98. The number of hydrogen-bond acceptors (Lipinski definition) is 1. The summed E-state index contributed by atoms with van der Waals surface area (Å²) in [4.78, 5) is 0. The van der Waals surface area contributed by atoms with Gasteiger partial charge in [-0.1, -0.05) is 41.1 Å². The molecule has 0 saturated heterocycles. The minimum Gasteiger partial charge on any atom is -0.184 e. The van der Waals surface area contributed by atoms with Crippen LogP contribution in [-0.2, 0) is 7.05 Å². The van der Waals surface area contributed by atoms with Crippen molar-refractivity contribution in [2.75, 3.05) is 0 Å². The van der Waals surface area contributed by atoms with Gasteiger partial charge < -0.3 is 0 Å². The number of hydrogen-bond donors (Lipinski definition) is 0. The maximum atomic E-state index is 6.04. The Morgan fingerprint density at radius 3 is 2.65 bits per heavy atom. The van der Waals surface area contributed by atoms with Gasteiger partial charge in [0.2, 0.25) is 5.52 Å². The van der Waals surface area contributed by atoms with Crippen molar-refractivity contribution in [3.05, 3.63) is 53.6 Å². The first kappa shape index (κ1) is 10.8. The third-order valence-electron chi connectivity index (χ3n) is 2.81. The first-order valence-corrected chi connectivity index (χ1v) is 6.58. The first-order valence-electron chi connectivity index (χ1n) is 5.39. The van der Waals surface area contributed by atoms with E-state index in [-0.39, 0.29) is 0 Å². The molecule has 0 atom stereocenters. The molecule has 3 heteroatoms. The van der Waals surface area contributed by atoms with E-state index >= 15 is 0 Å². The van der Waals surface area contributed by atoms with Crippen LogP contribution in [0.3, 0.4) is 0 Å². The monoisotopic (exact) mass is 260 g/mol. The second kappa shape index (κ2) is 4.13. The van der Waals surface area contributed by atoms with Gasteiger partial charge in [0.15, 0.2) is 0 Å². The van der Waals surface area contributed by atoms with Crippen LogP contribution in [-0.4, -0.2) is 0 Å². The zero-order valence-electron chi connectivity index (χ0n) is 9.35. The molecule has 1 aromatic heterocycles. The van der Waals surface area contributed by atoms with Crippen LogP contribution in [0.15, 0.2) is 48.5 Å². The van der Waals surface area contributed by atoms with Crippen LogP contribution in [0.1, 0.15) is 0 Å². The van der Waals surface area contributed by atoms with Crippen LogP contribution < -0.4 is 4.57 Å². The Bertz CT molecular complexity index is 688. The minimum atomic E-state index is 0.778. The zero-order valence-corrected chi connectivity index (χ0v) is 10.9. The Labute approximate surface area is 109 Å². The van der Waals surface area contributed by atoms with Gasteiger partial charge in [0, 0.05) is 11.1 Å². The van der Waals surface area contributed by atoms with Gasteiger partial charge in [-0.25, -0.2) is 0 Å². The van der Waals surface area contributed by atoms with Gasteiger partial charge >= 0.3 is 0 Å². The van der Waals surface area contributed by atoms with Crippen molar-refractivity contribution in [1.82, 2.24) is 0 Å². The van der Waals surface area contributed by atoms with E-state index in [1.165, 1.54) is 20.8 Å². The highest BCUT2D eigenvalue weighted by Crippen LogP contribution is 2.29. The molecule has 0 bridgehead atoms. The van der Waals surface area contributed by atoms with Gasteiger partial charge in [-0.05, 0) is 24.3 Å². The lowest BCUT2D eigenvalue weighted by atomic mass is 10.2. The third kappa shape index (κ3) is 1.84. The second-order valence-corrected chi connectivity index (χ2v) is 5.41. The molecule has 0 aliphatic carbocycles. The fourth-order valence-corrected chi connectivity index (χ4v) is 3.31. The van der Waals surface area contributed by atoms with Gasteiger partial charge in [-0.2, -0.15) is 4.57 Å². The second-order valence-electron chi connectivity index (χ2n) is 3.94. The van der Waals surface area contributed by atoms with Crippen LogP contribution >= 0.6 is 22.9 Å². The molecule has 0 N–H and O–H groups in total. The Morgan fingerprint density at radius 1 is 1.06 bits per heavy atom. The number of para-hydroxylation sites is 1. The number of aromatic nitrogens is 1. The molecule has 0 saturated carbocycles. The fraction of sp³-hybridized carbons (Fsp3) is 0.0714. The van der Waals surface area contributed by atoms with E-state index in [1.54, 1.807) is 11.3 Å². The number of fused-ring (bicyclic) bond motifs is 1. The quantitative estimate of drug-likeness (QED) is 0.581. The molecule has 1 nitrogen and oxygen atoms in total. The summed E-state index contributed by atoms with van der Waals surface area (Å²) in [5, 5.41) is 2.01. The van der Waals surface area contributed by atoms with Crippen molar-refractivity contribution in [3.63, 3.8) is 0 Å².